The summed E-state index contributed by atoms with van der Waals surface area (Å²) in [5, 5.41) is 18.2. The van der Waals surface area contributed by atoms with Crippen LogP contribution in [0.4, 0.5) is 4.79 Å². The number of piperidine rings is 1. The molecule has 0 saturated carbocycles. The molecule has 2 heterocycles. The van der Waals surface area contributed by atoms with Crippen molar-refractivity contribution >= 4 is 17.4 Å². The third-order valence-corrected chi connectivity index (χ3v) is 4.45. The van der Waals surface area contributed by atoms with Gasteiger partial charge in [-0.15, -0.1) is 11.3 Å². The molecule has 1 atom stereocenters. The fourth-order valence-corrected chi connectivity index (χ4v) is 3.13. The van der Waals surface area contributed by atoms with Gasteiger partial charge < -0.3 is 20.6 Å². The second-order valence-corrected chi connectivity index (χ2v) is 6.40. The highest BCUT2D eigenvalue weighted by Crippen LogP contribution is 2.09. The summed E-state index contributed by atoms with van der Waals surface area (Å²) in [5.41, 5.74) is 0.967. The van der Waals surface area contributed by atoms with Gasteiger partial charge >= 0.3 is 6.03 Å². The first-order valence-electron chi connectivity index (χ1n) is 7.46. The number of nitrogens with one attached hydrogen (secondary N) is 2. The lowest BCUT2D eigenvalue weighted by Gasteiger charge is -2.28. The number of hydrogen-bond acceptors (Lipinski definition) is 5. The zero-order chi connectivity index (χ0) is 15.1. The molecule has 1 aromatic rings. The van der Waals surface area contributed by atoms with Crippen molar-refractivity contribution in [3.8, 4) is 0 Å². The molecule has 2 amide bonds. The van der Waals surface area contributed by atoms with Crippen LogP contribution >= 0.6 is 11.3 Å². The van der Waals surface area contributed by atoms with Crippen LogP contribution in [0.2, 0.25) is 0 Å². The Labute approximate surface area is 129 Å². The van der Waals surface area contributed by atoms with Crippen molar-refractivity contribution in [2.75, 3.05) is 26.2 Å². The first-order chi connectivity index (χ1) is 10.1. The van der Waals surface area contributed by atoms with Gasteiger partial charge in [-0.25, -0.2) is 9.78 Å². The quantitative estimate of drug-likeness (QED) is 0.735. The van der Waals surface area contributed by atoms with E-state index in [1.54, 1.807) is 0 Å². The molecule has 0 spiro atoms. The van der Waals surface area contributed by atoms with Crippen LogP contribution in [0.25, 0.3) is 0 Å². The number of amides is 2. The molecule has 1 fully saturated rings. The van der Waals surface area contributed by atoms with E-state index < -0.39 is 6.10 Å². The predicted octanol–water partition coefficient (Wildman–Crippen LogP) is 1.10. The number of aliphatic hydroxyl groups is 1. The maximum absolute atomic E-state index is 11.6. The average Bonchev–Trinajstić information content (AvgIpc) is 2.90. The normalized spacial score (nSPS) is 17.4. The number of carbonyl (C=O) groups is 1. The van der Waals surface area contributed by atoms with Gasteiger partial charge in [-0.05, 0) is 32.9 Å². The van der Waals surface area contributed by atoms with E-state index in [0.717, 1.165) is 23.8 Å². The number of nitrogens with zero attached hydrogens (tertiary/aromatic N) is 2. The number of carbonyl (C=O) groups excluding carboxylic acids is 1. The van der Waals surface area contributed by atoms with Gasteiger partial charge in [-0.1, -0.05) is 6.42 Å². The molecule has 1 aromatic heterocycles. The highest BCUT2D eigenvalue weighted by Gasteiger charge is 2.15. The topological polar surface area (TPSA) is 77.5 Å². The number of urea groups is 1. The Morgan fingerprint density at radius 1 is 1.43 bits per heavy atom. The molecule has 0 radical (unpaired) electrons. The molecule has 1 aliphatic heterocycles. The van der Waals surface area contributed by atoms with E-state index in [-0.39, 0.29) is 12.6 Å². The minimum absolute atomic E-state index is 0.263. The van der Waals surface area contributed by atoms with Gasteiger partial charge in [0, 0.05) is 24.2 Å². The fraction of sp³-hybridized carbons (Fsp3) is 0.714. The number of aryl methyl sites for hydroxylation is 1. The van der Waals surface area contributed by atoms with Crippen LogP contribution in [0.5, 0.6) is 0 Å². The van der Waals surface area contributed by atoms with Crippen LogP contribution in [0.15, 0.2) is 5.38 Å². The Morgan fingerprint density at radius 2 is 2.19 bits per heavy atom. The monoisotopic (exact) mass is 312 g/mol. The molecule has 21 heavy (non-hydrogen) atoms. The molecule has 0 bridgehead atoms. The van der Waals surface area contributed by atoms with Crippen LogP contribution < -0.4 is 10.6 Å². The Balaban J connectivity index is 1.59. The van der Waals surface area contributed by atoms with Crippen LogP contribution in [0.1, 0.15) is 30.0 Å². The molecule has 1 unspecified atom stereocenters. The standard InChI is InChI=1S/C14H24N4O2S/c1-11-10-21-13(17-11)8-16-14(20)15-7-12(19)9-18-5-3-2-4-6-18/h10,12,19H,2-9H2,1H3,(H2,15,16,20). The summed E-state index contributed by atoms with van der Waals surface area (Å²) in [6.45, 7) is 5.36. The summed E-state index contributed by atoms with van der Waals surface area (Å²) in [6, 6.07) is -0.263. The van der Waals surface area contributed by atoms with E-state index in [1.165, 1.54) is 30.6 Å². The number of aliphatic hydroxyl groups excluding tert-OH is 1. The molecule has 7 heteroatoms. The molecule has 0 aliphatic carbocycles. The zero-order valence-corrected chi connectivity index (χ0v) is 13.3. The Bertz CT molecular complexity index is 446. The van der Waals surface area contributed by atoms with Crippen molar-refractivity contribution < 1.29 is 9.90 Å². The first-order valence-corrected chi connectivity index (χ1v) is 8.34. The lowest BCUT2D eigenvalue weighted by molar-refractivity contribution is 0.101. The maximum atomic E-state index is 11.6. The van der Waals surface area contributed by atoms with Gasteiger partial charge in [-0.3, -0.25) is 0 Å². The molecule has 1 saturated heterocycles. The first kappa shape index (κ1) is 16.2. The van der Waals surface area contributed by atoms with E-state index in [0.29, 0.717) is 13.1 Å². The van der Waals surface area contributed by atoms with Crippen molar-refractivity contribution in [3.05, 3.63) is 16.1 Å². The molecule has 2 rings (SSSR count). The molecule has 3 N–H and O–H groups in total. The van der Waals surface area contributed by atoms with E-state index in [4.69, 9.17) is 0 Å². The molecular formula is C14H24N4O2S. The third-order valence-electron chi connectivity index (χ3n) is 3.48. The van der Waals surface area contributed by atoms with Crippen molar-refractivity contribution in [2.24, 2.45) is 0 Å². The van der Waals surface area contributed by atoms with Crippen molar-refractivity contribution in [2.45, 2.75) is 38.8 Å². The molecule has 118 valence electrons. The summed E-state index contributed by atoms with van der Waals surface area (Å²) < 4.78 is 0. The predicted molar refractivity (Wildman–Crippen MR) is 83.4 cm³/mol. The minimum atomic E-state index is -0.518. The molecule has 6 nitrogen and oxygen atoms in total. The summed E-state index contributed by atoms with van der Waals surface area (Å²) in [5.74, 6) is 0. The zero-order valence-electron chi connectivity index (χ0n) is 12.5. The van der Waals surface area contributed by atoms with E-state index in [2.05, 4.69) is 20.5 Å². The second kappa shape index (κ2) is 8.31. The maximum Gasteiger partial charge on any atom is 0.315 e. The number of likely N-dealkylation sites (tertiary alicyclic amines) is 1. The third kappa shape index (κ3) is 5.99. The lowest BCUT2D eigenvalue weighted by atomic mass is 10.1. The van der Waals surface area contributed by atoms with Crippen LogP contribution in [-0.2, 0) is 6.54 Å². The summed E-state index contributed by atoms with van der Waals surface area (Å²) >= 11 is 1.53. The highest BCUT2D eigenvalue weighted by atomic mass is 32.1. The summed E-state index contributed by atoms with van der Waals surface area (Å²) in [6.07, 6.45) is 3.17. The van der Waals surface area contributed by atoms with Gasteiger partial charge in [0.05, 0.1) is 12.6 Å². The second-order valence-electron chi connectivity index (χ2n) is 5.46. The van der Waals surface area contributed by atoms with Crippen LogP contribution in [0, 0.1) is 6.92 Å². The van der Waals surface area contributed by atoms with Gasteiger partial charge in [0.2, 0.25) is 0 Å². The number of β-amino-alcohol motifs (C(OH)–C–C–N with tert-alkyl or cyclic N) is 1. The minimum Gasteiger partial charge on any atom is -0.390 e. The van der Waals surface area contributed by atoms with Crippen molar-refractivity contribution in [1.29, 1.82) is 0 Å². The Morgan fingerprint density at radius 3 is 2.86 bits per heavy atom. The summed E-state index contributed by atoms with van der Waals surface area (Å²) in [7, 11) is 0. The molecule has 1 aliphatic rings. The fourth-order valence-electron chi connectivity index (χ4n) is 2.42. The number of hydrogen-bond donors (Lipinski definition) is 3. The van der Waals surface area contributed by atoms with E-state index >= 15 is 0 Å². The van der Waals surface area contributed by atoms with E-state index in [9.17, 15) is 9.90 Å². The Kier molecular flexibility index (Phi) is 6.41. The smallest absolute Gasteiger partial charge is 0.315 e. The SMILES string of the molecule is Cc1csc(CNC(=O)NCC(O)CN2CCCCC2)n1. The van der Waals surface area contributed by atoms with Gasteiger partial charge in [0.25, 0.3) is 0 Å². The summed E-state index contributed by atoms with van der Waals surface area (Å²) in [4.78, 5) is 18.2. The van der Waals surface area contributed by atoms with Gasteiger partial charge in [0.15, 0.2) is 0 Å². The largest absolute Gasteiger partial charge is 0.390 e. The van der Waals surface area contributed by atoms with Gasteiger partial charge in [-0.2, -0.15) is 0 Å². The van der Waals surface area contributed by atoms with E-state index in [1.807, 2.05) is 12.3 Å². The number of thiazole rings is 1. The Hall–Kier alpha value is -1.18. The van der Waals surface area contributed by atoms with Crippen molar-refractivity contribution in [1.82, 2.24) is 20.5 Å². The van der Waals surface area contributed by atoms with Crippen LogP contribution in [-0.4, -0.2) is 53.3 Å². The van der Waals surface area contributed by atoms with Gasteiger partial charge in [0.1, 0.15) is 5.01 Å². The average molecular weight is 312 g/mol. The lowest BCUT2D eigenvalue weighted by Crippen LogP contribution is -2.44. The number of rotatable bonds is 6. The highest BCUT2D eigenvalue weighted by molar-refractivity contribution is 7.09. The van der Waals surface area contributed by atoms with Crippen LogP contribution in [0.3, 0.4) is 0 Å². The van der Waals surface area contributed by atoms with Crippen molar-refractivity contribution in [3.63, 3.8) is 0 Å². The number of aromatic nitrogens is 1. The molecular weight excluding hydrogens is 288 g/mol. The molecule has 0 aromatic carbocycles.